The molecule has 2 aliphatic rings. The molecule has 0 radical (unpaired) electrons. The van der Waals surface area contributed by atoms with Gasteiger partial charge in [-0.25, -0.2) is 8.42 Å². The van der Waals surface area contributed by atoms with Crippen LogP contribution in [0.25, 0.3) is 0 Å². The van der Waals surface area contributed by atoms with Crippen molar-refractivity contribution in [3.8, 4) is 0 Å². The van der Waals surface area contributed by atoms with E-state index in [1.54, 1.807) is 32.2 Å². The molecule has 2 aromatic carbocycles. The minimum Gasteiger partial charge on any atom is -0.347 e. The van der Waals surface area contributed by atoms with E-state index in [1.807, 2.05) is 32.0 Å². The Morgan fingerprint density at radius 1 is 0.951 bits per heavy atom. The van der Waals surface area contributed by atoms with Crippen LogP contribution in [-0.2, 0) is 30.8 Å². The first kappa shape index (κ1) is 30.7. The van der Waals surface area contributed by atoms with Crippen LogP contribution in [0, 0.1) is 5.92 Å². The summed E-state index contributed by atoms with van der Waals surface area (Å²) in [4.78, 5) is 42.2. The Morgan fingerprint density at radius 2 is 1.63 bits per heavy atom. The summed E-state index contributed by atoms with van der Waals surface area (Å²) in [6.07, 6.45) is 2.59. The zero-order valence-corrected chi connectivity index (χ0v) is 25.0. The molecule has 3 amide bonds. The third-order valence-corrected chi connectivity index (χ3v) is 9.93. The lowest BCUT2D eigenvalue weighted by atomic mass is 9.87. The molecule has 1 aliphatic heterocycles. The van der Waals surface area contributed by atoms with Gasteiger partial charge in [0.25, 0.3) is 0 Å². The second kappa shape index (κ2) is 13.1. The number of likely N-dealkylation sites (N-methyl/N-ethyl adjacent to an activating group) is 1. The number of carbonyl (C=O) groups excluding carboxylic acids is 3. The number of sulfonamides is 1. The van der Waals surface area contributed by atoms with Gasteiger partial charge in [-0.3, -0.25) is 14.4 Å². The average Bonchev–Trinajstić information content (AvgIpc) is 2.99. The summed E-state index contributed by atoms with van der Waals surface area (Å²) in [6, 6.07) is 13.4. The number of benzene rings is 2. The largest absolute Gasteiger partial charge is 0.347 e. The van der Waals surface area contributed by atoms with Crippen LogP contribution in [0.1, 0.15) is 50.8 Å². The van der Waals surface area contributed by atoms with E-state index in [0.717, 1.165) is 24.8 Å². The fraction of sp³-hybridized carbons (Fsp3) is 0.500. The van der Waals surface area contributed by atoms with Crippen molar-refractivity contribution < 1.29 is 22.8 Å². The predicted octanol–water partition coefficient (Wildman–Crippen LogP) is 1.83. The van der Waals surface area contributed by atoms with Gasteiger partial charge in [0.15, 0.2) is 0 Å². The van der Waals surface area contributed by atoms with Crippen molar-refractivity contribution >= 4 is 27.7 Å². The van der Waals surface area contributed by atoms with Gasteiger partial charge in [0.2, 0.25) is 27.7 Å². The fourth-order valence-corrected chi connectivity index (χ4v) is 6.94. The lowest BCUT2D eigenvalue weighted by molar-refractivity contribution is -0.146. The monoisotopic (exact) mass is 583 g/mol. The number of hydrogen-bond acceptors (Lipinski definition) is 6. The molecule has 1 heterocycles. The summed E-state index contributed by atoms with van der Waals surface area (Å²) in [5.74, 6) is -1.40. The Hall–Kier alpha value is -3.28. The highest BCUT2D eigenvalue weighted by Gasteiger charge is 2.43. The van der Waals surface area contributed by atoms with Crippen molar-refractivity contribution in [2.24, 2.45) is 5.92 Å². The summed E-state index contributed by atoms with van der Waals surface area (Å²) in [7, 11) is -2.23. The SMILES string of the molecule is CNC(C)C(=O)NC(C(=O)N1CCN(S(=O)(=O)c2ccccc2)CC1C(=O)NC1CCCc2ccccc21)C(C)C. The number of nitrogens with one attached hydrogen (secondary N) is 3. The topological polar surface area (TPSA) is 128 Å². The van der Waals surface area contributed by atoms with Gasteiger partial charge in [-0.2, -0.15) is 4.31 Å². The lowest BCUT2D eigenvalue weighted by Gasteiger charge is -2.42. The Balaban J connectivity index is 1.63. The third-order valence-electron chi connectivity index (χ3n) is 8.05. The number of amides is 3. The van der Waals surface area contributed by atoms with Crippen LogP contribution in [0.15, 0.2) is 59.5 Å². The molecule has 0 saturated carbocycles. The molecule has 0 spiro atoms. The summed E-state index contributed by atoms with van der Waals surface area (Å²) >= 11 is 0. The van der Waals surface area contributed by atoms with Gasteiger partial charge in [0, 0.05) is 19.6 Å². The summed E-state index contributed by atoms with van der Waals surface area (Å²) in [5, 5.41) is 8.83. The molecule has 1 saturated heterocycles. The number of nitrogens with zero attached hydrogens (tertiary/aromatic N) is 2. The van der Waals surface area contributed by atoms with E-state index in [0.29, 0.717) is 0 Å². The molecular weight excluding hydrogens is 542 g/mol. The molecule has 1 fully saturated rings. The van der Waals surface area contributed by atoms with Gasteiger partial charge in [-0.05, 0) is 62.4 Å². The van der Waals surface area contributed by atoms with E-state index in [-0.39, 0.29) is 42.4 Å². The molecule has 4 unspecified atom stereocenters. The van der Waals surface area contributed by atoms with Gasteiger partial charge < -0.3 is 20.9 Å². The maximum atomic E-state index is 14.0. The van der Waals surface area contributed by atoms with Crippen LogP contribution >= 0.6 is 0 Å². The van der Waals surface area contributed by atoms with Crippen molar-refractivity contribution in [3.05, 3.63) is 65.7 Å². The fourth-order valence-electron chi connectivity index (χ4n) is 5.48. The van der Waals surface area contributed by atoms with Crippen molar-refractivity contribution in [2.45, 2.75) is 69.1 Å². The highest BCUT2D eigenvalue weighted by molar-refractivity contribution is 7.89. The Kier molecular flexibility index (Phi) is 9.83. The van der Waals surface area contributed by atoms with Gasteiger partial charge in [-0.15, -0.1) is 0 Å². The molecule has 11 heteroatoms. The van der Waals surface area contributed by atoms with E-state index in [9.17, 15) is 22.8 Å². The number of aryl methyl sites for hydroxylation is 1. The number of rotatable bonds is 9. The first-order chi connectivity index (χ1) is 19.5. The van der Waals surface area contributed by atoms with E-state index in [2.05, 4.69) is 22.0 Å². The quantitative estimate of drug-likeness (QED) is 0.413. The normalized spacial score (nSPS) is 21.0. The van der Waals surface area contributed by atoms with E-state index >= 15 is 0 Å². The lowest BCUT2D eigenvalue weighted by Crippen LogP contribution is -2.65. The van der Waals surface area contributed by atoms with E-state index < -0.39 is 40.0 Å². The van der Waals surface area contributed by atoms with Crippen LogP contribution in [-0.4, -0.2) is 80.2 Å². The van der Waals surface area contributed by atoms with E-state index in [4.69, 9.17) is 0 Å². The van der Waals surface area contributed by atoms with Crippen LogP contribution in [0.3, 0.4) is 0 Å². The Labute approximate surface area is 242 Å². The molecule has 10 nitrogen and oxygen atoms in total. The van der Waals surface area contributed by atoms with Crippen LogP contribution in [0.2, 0.25) is 0 Å². The molecule has 0 bridgehead atoms. The second-order valence-electron chi connectivity index (χ2n) is 11.1. The van der Waals surface area contributed by atoms with Crippen molar-refractivity contribution in [1.29, 1.82) is 0 Å². The molecule has 222 valence electrons. The molecule has 2 aromatic rings. The minimum absolute atomic E-state index is 0.0188. The van der Waals surface area contributed by atoms with Gasteiger partial charge >= 0.3 is 0 Å². The van der Waals surface area contributed by atoms with Gasteiger partial charge in [-0.1, -0.05) is 56.3 Å². The van der Waals surface area contributed by atoms with Crippen molar-refractivity contribution in [2.75, 3.05) is 26.7 Å². The van der Waals surface area contributed by atoms with Crippen LogP contribution in [0.5, 0.6) is 0 Å². The smallest absolute Gasteiger partial charge is 0.246 e. The molecule has 3 N–H and O–H groups in total. The third kappa shape index (κ3) is 6.79. The Bertz CT molecular complexity index is 1350. The molecule has 1 aliphatic carbocycles. The highest BCUT2D eigenvalue weighted by Crippen LogP contribution is 2.30. The van der Waals surface area contributed by atoms with Gasteiger partial charge in [0.05, 0.1) is 17.0 Å². The first-order valence-electron chi connectivity index (χ1n) is 14.3. The maximum absolute atomic E-state index is 14.0. The number of piperazine rings is 1. The molecule has 41 heavy (non-hydrogen) atoms. The van der Waals surface area contributed by atoms with Crippen LogP contribution < -0.4 is 16.0 Å². The maximum Gasteiger partial charge on any atom is 0.246 e. The highest BCUT2D eigenvalue weighted by atomic mass is 32.2. The number of carbonyl (C=O) groups is 3. The zero-order valence-electron chi connectivity index (χ0n) is 24.2. The molecular formula is C30H41N5O5S. The van der Waals surface area contributed by atoms with Crippen LogP contribution in [0.4, 0.5) is 0 Å². The summed E-state index contributed by atoms with van der Waals surface area (Å²) in [5.41, 5.74) is 2.22. The minimum atomic E-state index is -3.89. The first-order valence-corrected chi connectivity index (χ1v) is 15.7. The average molecular weight is 584 g/mol. The number of hydrogen-bond donors (Lipinski definition) is 3. The zero-order chi connectivity index (χ0) is 29.7. The van der Waals surface area contributed by atoms with E-state index in [1.165, 1.54) is 26.9 Å². The standard InChI is InChI=1S/C30H41N5O5S/c1-20(2)27(33-28(36)21(3)31-4)30(38)35-18-17-34(41(39,40)23-13-6-5-7-14-23)19-26(35)29(37)32-25-16-10-12-22-11-8-9-15-24(22)25/h5-9,11,13-15,20-21,25-27,31H,10,12,16-19H2,1-4H3,(H,32,37)(H,33,36). The van der Waals surface area contributed by atoms with Crippen molar-refractivity contribution in [1.82, 2.24) is 25.2 Å². The summed E-state index contributed by atoms with van der Waals surface area (Å²) < 4.78 is 28.3. The summed E-state index contributed by atoms with van der Waals surface area (Å²) in [6.45, 7) is 5.22. The van der Waals surface area contributed by atoms with Gasteiger partial charge in [0.1, 0.15) is 12.1 Å². The molecule has 4 atom stereocenters. The predicted molar refractivity (Wildman–Crippen MR) is 156 cm³/mol. The molecule has 4 rings (SSSR count). The molecule has 0 aromatic heterocycles. The van der Waals surface area contributed by atoms with Crippen molar-refractivity contribution in [3.63, 3.8) is 0 Å². The Morgan fingerprint density at radius 3 is 2.32 bits per heavy atom. The second-order valence-corrected chi connectivity index (χ2v) is 13.1. The number of fused-ring (bicyclic) bond motifs is 1.